The van der Waals surface area contributed by atoms with E-state index in [1.807, 2.05) is 0 Å². The monoisotopic (exact) mass is 297 g/mol. The Morgan fingerprint density at radius 2 is 2.30 bits per heavy atom. The number of aromatic nitrogens is 2. The number of ether oxygens (including phenoxy) is 1. The number of aliphatic hydroxyl groups excluding tert-OH is 1. The SMILES string of the molecule is Nc1nc(=O)n(C2OC(CO)(C(F)F)CC2F)cc1F. The zero-order valence-corrected chi connectivity index (χ0v) is 9.97. The average Bonchev–Trinajstić information content (AvgIpc) is 2.72. The normalized spacial score (nSPS) is 30.1. The average molecular weight is 297 g/mol. The number of anilines is 1. The quantitative estimate of drug-likeness (QED) is 0.779. The second kappa shape index (κ2) is 5.02. The Labute approximate surface area is 109 Å². The van der Waals surface area contributed by atoms with Crippen LogP contribution in [-0.4, -0.2) is 39.5 Å². The molecule has 1 aliphatic heterocycles. The number of alkyl halides is 3. The number of nitrogens with two attached hydrogens (primary N) is 1. The first-order valence-electron chi connectivity index (χ1n) is 5.56. The van der Waals surface area contributed by atoms with Gasteiger partial charge in [0.25, 0.3) is 6.43 Å². The number of aliphatic hydroxyl groups is 1. The highest BCUT2D eigenvalue weighted by atomic mass is 19.3. The third-order valence-corrected chi connectivity index (χ3v) is 3.08. The van der Waals surface area contributed by atoms with E-state index in [9.17, 15) is 22.4 Å². The fourth-order valence-electron chi connectivity index (χ4n) is 1.98. The summed E-state index contributed by atoms with van der Waals surface area (Å²) in [6.07, 6.45) is -7.30. The number of hydrogen-bond donors (Lipinski definition) is 2. The van der Waals surface area contributed by atoms with E-state index in [1.165, 1.54) is 0 Å². The minimum atomic E-state index is -3.17. The fraction of sp³-hybridized carbons (Fsp3) is 0.600. The Morgan fingerprint density at radius 3 is 2.80 bits per heavy atom. The zero-order chi connectivity index (χ0) is 15.1. The van der Waals surface area contributed by atoms with Crippen molar-refractivity contribution in [2.24, 2.45) is 0 Å². The highest BCUT2D eigenvalue weighted by molar-refractivity contribution is 5.26. The summed E-state index contributed by atoms with van der Waals surface area (Å²) in [6, 6.07) is 0. The maximum absolute atomic E-state index is 13.8. The van der Waals surface area contributed by atoms with E-state index >= 15 is 0 Å². The van der Waals surface area contributed by atoms with Gasteiger partial charge in [-0.3, -0.25) is 4.57 Å². The first-order chi connectivity index (χ1) is 9.30. The van der Waals surface area contributed by atoms with Crippen LogP contribution in [0, 0.1) is 5.82 Å². The highest BCUT2D eigenvalue weighted by Gasteiger charge is 2.53. The Hall–Kier alpha value is -1.68. The molecule has 3 unspecified atom stereocenters. The Balaban J connectivity index is 2.40. The van der Waals surface area contributed by atoms with Gasteiger partial charge in [-0.1, -0.05) is 0 Å². The molecular formula is C10H11F4N3O3. The lowest BCUT2D eigenvalue weighted by atomic mass is 10.0. The summed E-state index contributed by atoms with van der Waals surface area (Å²) in [6.45, 7) is -1.14. The maximum Gasteiger partial charge on any atom is 0.351 e. The minimum Gasteiger partial charge on any atom is -0.393 e. The second-order valence-corrected chi connectivity index (χ2v) is 4.42. The molecule has 1 fully saturated rings. The van der Waals surface area contributed by atoms with Crippen LogP contribution in [0.15, 0.2) is 11.0 Å². The van der Waals surface area contributed by atoms with Gasteiger partial charge < -0.3 is 15.6 Å². The van der Waals surface area contributed by atoms with Gasteiger partial charge >= 0.3 is 5.69 Å². The van der Waals surface area contributed by atoms with Crippen molar-refractivity contribution in [3.8, 4) is 0 Å². The molecule has 20 heavy (non-hydrogen) atoms. The fourth-order valence-corrected chi connectivity index (χ4v) is 1.98. The summed E-state index contributed by atoms with van der Waals surface area (Å²) in [5.74, 6) is -1.80. The van der Waals surface area contributed by atoms with Gasteiger partial charge in [0.2, 0.25) is 0 Å². The van der Waals surface area contributed by atoms with Gasteiger partial charge in [-0.15, -0.1) is 0 Å². The molecule has 1 saturated heterocycles. The van der Waals surface area contributed by atoms with Crippen molar-refractivity contribution in [1.29, 1.82) is 0 Å². The molecule has 0 saturated carbocycles. The van der Waals surface area contributed by atoms with Gasteiger partial charge in [0.15, 0.2) is 23.5 Å². The molecule has 1 aromatic heterocycles. The first-order valence-corrected chi connectivity index (χ1v) is 5.56. The third kappa shape index (κ3) is 2.24. The zero-order valence-electron chi connectivity index (χ0n) is 9.97. The maximum atomic E-state index is 13.8. The molecule has 0 radical (unpaired) electrons. The van der Waals surface area contributed by atoms with Gasteiger partial charge in [0.1, 0.15) is 6.17 Å². The predicted molar refractivity (Wildman–Crippen MR) is 58.3 cm³/mol. The predicted octanol–water partition coefficient (Wildman–Crippen LogP) is 0.218. The summed E-state index contributed by atoms with van der Waals surface area (Å²) >= 11 is 0. The van der Waals surface area contributed by atoms with E-state index in [1.54, 1.807) is 0 Å². The van der Waals surface area contributed by atoms with Crippen molar-refractivity contribution in [3.05, 3.63) is 22.5 Å². The summed E-state index contributed by atoms with van der Waals surface area (Å²) in [4.78, 5) is 14.6. The van der Waals surface area contributed by atoms with Crippen LogP contribution in [-0.2, 0) is 4.74 Å². The Kier molecular flexibility index (Phi) is 3.69. The van der Waals surface area contributed by atoms with Crippen LogP contribution in [0.1, 0.15) is 12.6 Å². The molecule has 2 heterocycles. The molecule has 0 aliphatic carbocycles. The van der Waals surface area contributed by atoms with Crippen LogP contribution < -0.4 is 11.4 Å². The Bertz CT molecular complexity index is 567. The van der Waals surface area contributed by atoms with E-state index in [4.69, 9.17) is 15.6 Å². The van der Waals surface area contributed by atoms with Crippen molar-refractivity contribution < 1.29 is 27.4 Å². The molecule has 10 heteroatoms. The van der Waals surface area contributed by atoms with Crippen molar-refractivity contribution in [2.45, 2.75) is 30.8 Å². The van der Waals surface area contributed by atoms with Gasteiger partial charge in [-0.05, 0) is 0 Å². The largest absolute Gasteiger partial charge is 0.393 e. The molecule has 1 aliphatic rings. The molecule has 0 spiro atoms. The van der Waals surface area contributed by atoms with Gasteiger partial charge in [-0.2, -0.15) is 4.98 Å². The molecule has 112 valence electrons. The molecule has 3 N–H and O–H groups in total. The minimum absolute atomic E-state index is 0.399. The van der Waals surface area contributed by atoms with Crippen LogP contribution in [0.25, 0.3) is 0 Å². The van der Waals surface area contributed by atoms with Crippen molar-refractivity contribution >= 4 is 5.82 Å². The summed E-state index contributed by atoms with van der Waals surface area (Å²) < 4.78 is 57.9. The van der Waals surface area contributed by atoms with E-state index in [0.29, 0.717) is 10.8 Å². The van der Waals surface area contributed by atoms with Gasteiger partial charge in [-0.25, -0.2) is 22.4 Å². The molecule has 0 bridgehead atoms. The summed E-state index contributed by atoms with van der Waals surface area (Å²) in [5, 5.41) is 8.97. The molecule has 1 aromatic rings. The lowest BCUT2D eigenvalue weighted by Crippen LogP contribution is -2.41. The van der Waals surface area contributed by atoms with Crippen LogP contribution >= 0.6 is 0 Å². The van der Waals surface area contributed by atoms with E-state index in [2.05, 4.69) is 4.98 Å². The number of rotatable bonds is 3. The number of nitrogen functional groups attached to an aromatic ring is 1. The molecule has 2 rings (SSSR count). The number of hydrogen-bond acceptors (Lipinski definition) is 5. The summed E-state index contributed by atoms with van der Waals surface area (Å²) in [5.41, 5.74) is 1.49. The first kappa shape index (κ1) is 14.7. The number of nitrogens with zero attached hydrogens (tertiary/aromatic N) is 2. The molecular weight excluding hydrogens is 286 g/mol. The lowest BCUT2D eigenvalue weighted by molar-refractivity contribution is -0.171. The second-order valence-electron chi connectivity index (χ2n) is 4.42. The molecule has 0 amide bonds. The standard InChI is InChI=1S/C10H11F4N3O3/c11-4-1-10(3-18,8(13)14)20-7(4)17-2-5(12)6(15)16-9(17)19/h2,4,7-8,18H,1,3H2,(H2,15,16,19). The van der Waals surface area contributed by atoms with Gasteiger partial charge in [0.05, 0.1) is 12.8 Å². The lowest BCUT2D eigenvalue weighted by Gasteiger charge is -2.25. The third-order valence-electron chi connectivity index (χ3n) is 3.08. The Morgan fingerprint density at radius 1 is 1.65 bits per heavy atom. The van der Waals surface area contributed by atoms with Crippen molar-refractivity contribution in [2.75, 3.05) is 12.3 Å². The molecule has 0 aromatic carbocycles. The van der Waals surface area contributed by atoms with E-state index in [-0.39, 0.29) is 0 Å². The summed E-state index contributed by atoms with van der Waals surface area (Å²) in [7, 11) is 0. The van der Waals surface area contributed by atoms with Crippen LogP contribution in [0.3, 0.4) is 0 Å². The number of halogens is 4. The van der Waals surface area contributed by atoms with Crippen LogP contribution in [0.5, 0.6) is 0 Å². The topological polar surface area (TPSA) is 90.4 Å². The smallest absolute Gasteiger partial charge is 0.351 e. The van der Waals surface area contributed by atoms with Crippen LogP contribution in [0.2, 0.25) is 0 Å². The highest BCUT2D eigenvalue weighted by Crippen LogP contribution is 2.41. The van der Waals surface area contributed by atoms with Crippen LogP contribution in [0.4, 0.5) is 23.4 Å². The molecule has 3 atom stereocenters. The van der Waals surface area contributed by atoms with E-state index in [0.717, 1.165) is 0 Å². The van der Waals surface area contributed by atoms with Gasteiger partial charge in [0, 0.05) is 6.42 Å². The van der Waals surface area contributed by atoms with Crippen molar-refractivity contribution in [3.63, 3.8) is 0 Å². The van der Waals surface area contributed by atoms with Crippen molar-refractivity contribution in [1.82, 2.24) is 9.55 Å². The van der Waals surface area contributed by atoms with E-state index < -0.39 is 54.8 Å². The molecule has 6 nitrogen and oxygen atoms in total.